The van der Waals surface area contributed by atoms with Crippen LogP contribution in [0.1, 0.15) is 31.7 Å². The van der Waals surface area contributed by atoms with E-state index in [4.69, 9.17) is 0 Å². The second kappa shape index (κ2) is 6.71. The first kappa shape index (κ1) is 14.1. The van der Waals surface area contributed by atoms with E-state index in [1.54, 1.807) is 12.1 Å². The Morgan fingerprint density at radius 2 is 1.94 bits per heavy atom. The molecule has 17 heavy (non-hydrogen) atoms. The molecule has 0 bridgehead atoms. The Bertz CT molecular complexity index is 446. The number of benzene rings is 1. The van der Waals surface area contributed by atoms with E-state index in [1.165, 1.54) is 12.1 Å². The van der Waals surface area contributed by atoms with Crippen LogP contribution in [-0.4, -0.2) is 15.0 Å². The van der Waals surface area contributed by atoms with Gasteiger partial charge in [0.15, 0.2) is 0 Å². The average Bonchev–Trinajstić information content (AvgIpc) is 2.28. The van der Waals surface area contributed by atoms with Gasteiger partial charge in [0.25, 0.3) is 0 Å². The molecule has 0 aromatic heterocycles. The van der Waals surface area contributed by atoms with Gasteiger partial charge in [-0.3, -0.25) is 0 Å². The molecule has 0 aliphatic heterocycles. The van der Waals surface area contributed by atoms with Crippen molar-refractivity contribution in [1.29, 1.82) is 0 Å². The summed E-state index contributed by atoms with van der Waals surface area (Å²) in [6.07, 6.45) is 2.84. The number of unbranched alkanes of at least 4 members (excludes halogenated alkanes) is 2. The fraction of sp³-hybridized carbons (Fsp3) is 0.500. The minimum Gasteiger partial charge on any atom is -0.215 e. The quantitative estimate of drug-likeness (QED) is 0.764. The van der Waals surface area contributed by atoms with Gasteiger partial charge in [-0.25, -0.2) is 17.5 Å². The van der Waals surface area contributed by atoms with E-state index in [0.717, 1.165) is 19.3 Å². The highest BCUT2D eigenvalue weighted by atomic mass is 32.2. The largest absolute Gasteiger partial charge is 0.215 e. The molecule has 0 fully saturated rings. The van der Waals surface area contributed by atoms with Gasteiger partial charge in [0.1, 0.15) is 5.82 Å². The van der Waals surface area contributed by atoms with Crippen molar-refractivity contribution in [1.82, 2.24) is 4.72 Å². The van der Waals surface area contributed by atoms with Crippen molar-refractivity contribution < 1.29 is 12.8 Å². The number of hydrogen-bond acceptors (Lipinski definition) is 2. The molecular formula is C12H18FNO2S. The van der Waals surface area contributed by atoms with Gasteiger partial charge in [-0.1, -0.05) is 38.0 Å². The normalized spacial score (nSPS) is 11.6. The van der Waals surface area contributed by atoms with E-state index in [9.17, 15) is 12.8 Å². The predicted molar refractivity (Wildman–Crippen MR) is 66.6 cm³/mol. The first-order chi connectivity index (χ1) is 8.05. The van der Waals surface area contributed by atoms with Crippen molar-refractivity contribution in [2.45, 2.75) is 31.9 Å². The maximum atomic E-state index is 13.3. The predicted octanol–water partition coefficient (Wildman–Crippen LogP) is 2.44. The lowest BCUT2D eigenvalue weighted by molar-refractivity contribution is 0.570. The molecule has 5 heteroatoms. The topological polar surface area (TPSA) is 46.2 Å². The van der Waals surface area contributed by atoms with Gasteiger partial charge in [0.2, 0.25) is 10.0 Å². The fourth-order valence-electron chi connectivity index (χ4n) is 1.47. The van der Waals surface area contributed by atoms with Crippen LogP contribution in [0.3, 0.4) is 0 Å². The molecule has 1 aromatic carbocycles. The molecule has 0 saturated heterocycles. The summed E-state index contributed by atoms with van der Waals surface area (Å²) in [5.41, 5.74) is 0.204. The second-order valence-corrected chi connectivity index (χ2v) is 5.76. The Balaban J connectivity index is 2.52. The van der Waals surface area contributed by atoms with Crippen molar-refractivity contribution in [2.24, 2.45) is 0 Å². The summed E-state index contributed by atoms with van der Waals surface area (Å²) < 4.78 is 39.0. The molecule has 0 radical (unpaired) electrons. The highest BCUT2D eigenvalue weighted by molar-refractivity contribution is 7.88. The van der Waals surface area contributed by atoms with Gasteiger partial charge in [-0.2, -0.15) is 0 Å². The van der Waals surface area contributed by atoms with Gasteiger partial charge < -0.3 is 0 Å². The van der Waals surface area contributed by atoms with E-state index in [1.807, 2.05) is 6.92 Å². The zero-order valence-corrected chi connectivity index (χ0v) is 10.8. The van der Waals surface area contributed by atoms with Crippen molar-refractivity contribution in [3.8, 4) is 0 Å². The van der Waals surface area contributed by atoms with Gasteiger partial charge >= 0.3 is 0 Å². The molecule has 0 unspecified atom stereocenters. The van der Waals surface area contributed by atoms with Crippen molar-refractivity contribution in [3.63, 3.8) is 0 Å². The number of hydrogen-bond donors (Lipinski definition) is 1. The van der Waals surface area contributed by atoms with Gasteiger partial charge in [-0.15, -0.1) is 0 Å². The van der Waals surface area contributed by atoms with E-state index in [2.05, 4.69) is 4.72 Å². The van der Waals surface area contributed by atoms with Gasteiger partial charge in [0.05, 0.1) is 5.75 Å². The van der Waals surface area contributed by atoms with E-state index >= 15 is 0 Å². The standard InChI is InChI=1S/C12H18FNO2S/c1-2-3-6-9-14-17(15,16)10-11-7-4-5-8-12(11)13/h4-5,7-8,14H,2-3,6,9-10H2,1H3. The molecule has 0 heterocycles. The van der Waals surface area contributed by atoms with Crippen LogP contribution in [0.4, 0.5) is 4.39 Å². The molecule has 3 nitrogen and oxygen atoms in total. The molecular weight excluding hydrogens is 241 g/mol. The Labute approximate surface area is 102 Å². The first-order valence-electron chi connectivity index (χ1n) is 5.76. The molecule has 0 aliphatic carbocycles. The van der Waals surface area contributed by atoms with Crippen molar-refractivity contribution >= 4 is 10.0 Å². The average molecular weight is 259 g/mol. The molecule has 0 aliphatic rings. The highest BCUT2D eigenvalue weighted by Gasteiger charge is 2.13. The molecule has 1 rings (SSSR count). The number of sulfonamides is 1. The van der Waals surface area contributed by atoms with Crippen LogP contribution in [0.25, 0.3) is 0 Å². The van der Waals surface area contributed by atoms with E-state index in [0.29, 0.717) is 6.54 Å². The monoisotopic (exact) mass is 259 g/mol. The second-order valence-electron chi connectivity index (χ2n) is 3.95. The summed E-state index contributed by atoms with van der Waals surface area (Å²) in [5.74, 6) is -0.780. The minimum atomic E-state index is -3.43. The maximum absolute atomic E-state index is 13.3. The Morgan fingerprint density at radius 1 is 1.24 bits per heavy atom. The lowest BCUT2D eigenvalue weighted by Gasteiger charge is -2.07. The zero-order valence-electron chi connectivity index (χ0n) is 9.95. The Hall–Kier alpha value is -0.940. The summed E-state index contributed by atoms with van der Waals surface area (Å²) in [5, 5.41) is 0. The molecule has 0 saturated carbocycles. The molecule has 0 atom stereocenters. The van der Waals surface area contributed by atoms with Gasteiger partial charge in [-0.05, 0) is 12.5 Å². The Kier molecular flexibility index (Phi) is 5.58. The van der Waals surface area contributed by atoms with Crippen LogP contribution in [0.5, 0.6) is 0 Å². The Morgan fingerprint density at radius 3 is 2.59 bits per heavy atom. The van der Waals surface area contributed by atoms with Crippen LogP contribution in [0, 0.1) is 5.82 Å². The SMILES string of the molecule is CCCCCNS(=O)(=O)Cc1ccccc1F. The van der Waals surface area contributed by atoms with Crippen LogP contribution in [-0.2, 0) is 15.8 Å². The van der Waals surface area contributed by atoms with E-state index < -0.39 is 15.8 Å². The maximum Gasteiger partial charge on any atom is 0.215 e. The van der Waals surface area contributed by atoms with E-state index in [-0.39, 0.29) is 11.3 Å². The molecule has 0 spiro atoms. The third-order valence-corrected chi connectivity index (χ3v) is 3.74. The van der Waals surface area contributed by atoms with Crippen LogP contribution < -0.4 is 4.72 Å². The minimum absolute atomic E-state index is 0.204. The summed E-state index contributed by atoms with van der Waals surface area (Å²) in [6, 6.07) is 5.92. The van der Waals surface area contributed by atoms with Gasteiger partial charge in [0, 0.05) is 12.1 Å². The first-order valence-corrected chi connectivity index (χ1v) is 7.41. The zero-order chi connectivity index (χ0) is 12.7. The van der Waals surface area contributed by atoms with Crippen LogP contribution in [0.15, 0.2) is 24.3 Å². The molecule has 1 aromatic rings. The number of halogens is 1. The highest BCUT2D eigenvalue weighted by Crippen LogP contribution is 2.09. The molecule has 96 valence electrons. The summed E-state index contributed by atoms with van der Waals surface area (Å²) in [6.45, 7) is 2.47. The fourth-order valence-corrected chi connectivity index (χ4v) is 2.67. The molecule has 1 N–H and O–H groups in total. The lowest BCUT2D eigenvalue weighted by atomic mass is 10.2. The van der Waals surface area contributed by atoms with Crippen LogP contribution in [0.2, 0.25) is 0 Å². The van der Waals surface area contributed by atoms with Crippen molar-refractivity contribution in [2.75, 3.05) is 6.54 Å². The third-order valence-electron chi connectivity index (χ3n) is 2.41. The number of nitrogens with one attached hydrogen (secondary N) is 1. The number of rotatable bonds is 7. The molecule has 0 amide bonds. The van der Waals surface area contributed by atoms with Crippen LogP contribution >= 0.6 is 0 Å². The summed E-state index contributed by atoms with van der Waals surface area (Å²) >= 11 is 0. The summed E-state index contributed by atoms with van der Waals surface area (Å²) in [7, 11) is -3.43. The lowest BCUT2D eigenvalue weighted by Crippen LogP contribution is -2.26. The van der Waals surface area contributed by atoms with Crippen molar-refractivity contribution in [3.05, 3.63) is 35.6 Å². The summed E-state index contributed by atoms with van der Waals surface area (Å²) in [4.78, 5) is 0. The third kappa shape index (κ3) is 5.28. The smallest absolute Gasteiger partial charge is 0.215 e.